The molecule has 0 aliphatic carbocycles. The van der Waals surface area contributed by atoms with Crippen LogP contribution in [0.1, 0.15) is 0 Å². The summed E-state index contributed by atoms with van der Waals surface area (Å²) in [7, 11) is 0. The summed E-state index contributed by atoms with van der Waals surface area (Å²) in [6.07, 6.45) is 0. The average Bonchev–Trinajstić information content (AvgIpc) is 0. The molecule has 0 N–H and O–H groups in total. The van der Waals surface area contributed by atoms with Gasteiger partial charge < -0.3 is 5.48 Å². The topological polar surface area (TPSA) is 28.5 Å². The third kappa shape index (κ3) is 20.9. The normalized spacial score (nSPS) is 0. The zero-order valence-corrected chi connectivity index (χ0v) is 7.19. The minimum atomic E-state index is 0. The molecule has 0 aromatic rings. The summed E-state index contributed by atoms with van der Waals surface area (Å²) in [6.45, 7) is 0. The van der Waals surface area contributed by atoms with Gasteiger partial charge in [-0.1, -0.05) is 0 Å². The predicted octanol–water partition coefficient (Wildman–Crippen LogP) is -3.12. The molecule has 0 saturated heterocycles. The van der Waals surface area contributed by atoms with Gasteiger partial charge in [0.05, 0.1) is 0 Å². The van der Waals surface area contributed by atoms with Crippen LogP contribution in [-0.2, 0) is 66.9 Å². The summed E-state index contributed by atoms with van der Waals surface area (Å²) in [4.78, 5) is 0. The van der Waals surface area contributed by atoms with E-state index in [9.17, 15) is 0 Å². The molecule has 0 atom stereocenters. The maximum absolute atomic E-state index is 0. The first-order valence-electron chi connectivity index (χ1n) is 0. The third-order valence-corrected chi connectivity index (χ3v) is 0. The molecule has 0 unspecified atom stereocenters. The van der Waals surface area contributed by atoms with Crippen molar-refractivity contribution < 1.29 is 85.8 Å². The molecular formula is LiMnOScV+4. The first kappa shape index (κ1) is 50.1. The second-order valence-corrected chi connectivity index (χ2v) is 0. The molecule has 0 aromatic carbocycles. The van der Waals surface area contributed by atoms with E-state index in [1.54, 1.807) is 0 Å². The molecule has 0 aliphatic heterocycles. The Hall–Kier alpha value is 2.53. The van der Waals surface area contributed by atoms with Crippen molar-refractivity contribution in [3.8, 4) is 0 Å². The van der Waals surface area contributed by atoms with Crippen LogP contribution < -0.4 is 18.9 Å². The minimum Gasteiger partial charge on any atom is -2.00 e. The van der Waals surface area contributed by atoms with Gasteiger partial charge in [0, 0.05) is 18.6 Å². The van der Waals surface area contributed by atoms with Crippen molar-refractivity contribution in [3.63, 3.8) is 0 Å². The summed E-state index contributed by atoms with van der Waals surface area (Å²) < 4.78 is 0. The standard InChI is InChI=1S/Li.Mn.O.Sc.V/q+1;+2;-2;+3;. The van der Waals surface area contributed by atoms with Crippen LogP contribution in [0.3, 0.4) is 0 Å². The molecular weight excluding hydrogens is 174 g/mol. The maximum Gasteiger partial charge on any atom is 3.00 e. The van der Waals surface area contributed by atoms with Gasteiger partial charge in [0.15, 0.2) is 0 Å². The van der Waals surface area contributed by atoms with Crippen LogP contribution in [0.2, 0.25) is 0 Å². The largest absolute Gasteiger partial charge is 3.00 e. The summed E-state index contributed by atoms with van der Waals surface area (Å²) in [6, 6.07) is 0. The van der Waals surface area contributed by atoms with E-state index < -0.39 is 0 Å². The predicted molar refractivity (Wildman–Crippen MR) is 0.686 cm³/mol. The van der Waals surface area contributed by atoms with E-state index in [0.717, 1.165) is 0 Å². The van der Waals surface area contributed by atoms with Crippen molar-refractivity contribution in [2.75, 3.05) is 0 Å². The van der Waals surface area contributed by atoms with Crippen LogP contribution >= 0.6 is 0 Å². The fourth-order valence-electron chi connectivity index (χ4n) is 0. The molecule has 0 bridgehead atoms. The van der Waals surface area contributed by atoms with Crippen LogP contribution in [0, 0.1) is 0 Å². The van der Waals surface area contributed by atoms with E-state index in [2.05, 4.69) is 0 Å². The van der Waals surface area contributed by atoms with Crippen LogP contribution in [0.4, 0.5) is 0 Å². The molecule has 0 spiro atoms. The number of hydrogen-bond acceptors (Lipinski definition) is 0. The van der Waals surface area contributed by atoms with Crippen molar-refractivity contribution in [1.29, 1.82) is 0 Å². The van der Waals surface area contributed by atoms with Crippen molar-refractivity contribution >= 4 is 0 Å². The molecule has 0 aromatic heterocycles. The van der Waals surface area contributed by atoms with E-state index in [1.165, 1.54) is 0 Å². The molecule has 0 heterocycles. The van der Waals surface area contributed by atoms with Gasteiger partial charge in [-0.3, -0.25) is 0 Å². The van der Waals surface area contributed by atoms with E-state index in [4.69, 9.17) is 0 Å². The molecule has 1 nitrogen and oxygen atoms in total. The molecule has 18 valence electrons. The Morgan fingerprint density at radius 3 is 1.00 bits per heavy atom. The van der Waals surface area contributed by atoms with Gasteiger partial charge in [-0.05, 0) is 0 Å². The van der Waals surface area contributed by atoms with Crippen LogP contribution in [-0.4, -0.2) is 0 Å². The molecule has 0 rings (SSSR count). The Morgan fingerprint density at radius 2 is 1.00 bits per heavy atom. The van der Waals surface area contributed by atoms with Gasteiger partial charge in [-0.25, -0.2) is 0 Å². The van der Waals surface area contributed by atoms with E-state index in [1.807, 2.05) is 0 Å². The van der Waals surface area contributed by atoms with Gasteiger partial charge in [0.25, 0.3) is 0 Å². The maximum atomic E-state index is 0. The van der Waals surface area contributed by atoms with E-state index in [-0.39, 0.29) is 85.8 Å². The number of rotatable bonds is 0. The first-order valence-corrected chi connectivity index (χ1v) is 0. The van der Waals surface area contributed by atoms with E-state index in [0.29, 0.717) is 0 Å². The Balaban J connectivity index is 0. The summed E-state index contributed by atoms with van der Waals surface area (Å²) >= 11 is 0. The van der Waals surface area contributed by atoms with Crippen LogP contribution in [0.15, 0.2) is 0 Å². The molecule has 0 saturated carbocycles. The fraction of sp³-hybridized carbons (Fsp3) is 0. The van der Waals surface area contributed by atoms with Crippen molar-refractivity contribution in [2.24, 2.45) is 0 Å². The van der Waals surface area contributed by atoms with Gasteiger partial charge in [0.2, 0.25) is 0 Å². The monoisotopic (exact) mass is 174 g/mol. The SMILES string of the molecule is [Li+].[Mn+2].[O-2].[Sc+3].[V]. The number of hydrogen-bond donors (Lipinski definition) is 0. The van der Waals surface area contributed by atoms with Crippen LogP contribution in [0.25, 0.3) is 0 Å². The third-order valence-electron chi connectivity index (χ3n) is 0. The second-order valence-electron chi connectivity index (χ2n) is 0. The molecule has 0 fully saturated rings. The van der Waals surface area contributed by atoms with Gasteiger partial charge in [0.1, 0.15) is 0 Å². The van der Waals surface area contributed by atoms with Gasteiger partial charge in [-0.15, -0.1) is 0 Å². The molecule has 0 amide bonds. The zero-order valence-electron chi connectivity index (χ0n) is 2.81. The molecule has 5 heavy (non-hydrogen) atoms. The summed E-state index contributed by atoms with van der Waals surface area (Å²) in [5, 5.41) is 0. The minimum absolute atomic E-state index is 0. The summed E-state index contributed by atoms with van der Waals surface area (Å²) in [5.74, 6) is 0. The Labute approximate surface area is 84.7 Å². The molecule has 2 radical (unpaired) electrons. The quantitative estimate of drug-likeness (QED) is 0.347. The zero-order chi connectivity index (χ0) is 0. The second kappa shape index (κ2) is 31.2. The molecule has 0 aliphatic rings. The Kier molecular flexibility index (Phi) is 313. The average molecular weight is 174 g/mol. The van der Waals surface area contributed by atoms with Crippen LogP contribution in [0.5, 0.6) is 0 Å². The molecule has 5 heteroatoms. The van der Waals surface area contributed by atoms with Gasteiger partial charge >= 0.3 is 61.8 Å². The fourth-order valence-corrected chi connectivity index (χ4v) is 0. The van der Waals surface area contributed by atoms with E-state index >= 15 is 0 Å². The van der Waals surface area contributed by atoms with Crippen molar-refractivity contribution in [1.82, 2.24) is 0 Å². The van der Waals surface area contributed by atoms with Crippen molar-refractivity contribution in [3.05, 3.63) is 0 Å². The Morgan fingerprint density at radius 1 is 1.00 bits per heavy atom. The Bertz CT molecular complexity index is 11.6. The smallest absolute Gasteiger partial charge is 2.00 e. The van der Waals surface area contributed by atoms with Crippen molar-refractivity contribution in [2.45, 2.75) is 0 Å². The first-order chi connectivity index (χ1) is 0. The summed E-state index contributed by atoms with van der Waals surface area (Å²) in [5.41, 5.74) is 0. The van der Waals surface area contributed by atoms with Gasteiger partial charge in [-0.2, -0.15) is 0 Å².